The fourth-order valence-electron chi connectivity index (χ4n) is 3.07. The number of nitrogens with zero attached hydrogens (tertiary/aromatic N) is 1. The summed E-state index contributed by atoms with van der Waals surface area (Å²) in [6.07, 6.45) is 0.177. The number of rotatable bonds is 6. The van der Waals surface area contributed by atoms with Gasteiger partial charge in [-0.25, -0.2) is 0 Å². The lowest BCUT2D eigenvalue weighted by atomic mass is 10.1. The number of hydrogen-bond acceptors (Lipinski definition) is 4. The first-order valence-electron chi connectivity index (χ1n) is 8.99. The Balaban J connectivity index is 1.71. The third kappa shape index (κ3) is 4.39. The van der Waals surface area contributed by atoms with Crippen molar-refractivity contribution in [2.24, 2.45) is 5.92 Å². The average Bonchev–Trinajstić information content (AvgIpc) is 3.05. The zero-order chi connectivity index (χ0) is 19.4. The summed E-state index contributed by atoms with van der Waals surface area (Å²) in [5.41, 5.74) is 1.35. The Morgan fingerprint density at radius 3 is 2.70 bits per heavy atom. The van der Waals surface area contributed by atoms with Crippen LogP contribution in [0.4, 0.5) is 11.4 Å². The van der Waals surface area contributed by atoms with Crippen molar-refractivity contribution < 1.29 is 19.1 Å². The molecule has 0 aliphatic carbocycles. The van der Waals surface area contributed by atoms with E-state index >= 15 is 0 Å². The van der Waals surface area contributed by atoms with Crippen LogP contribution in [0.15, 0.2) is 48.5 Å². The van der Waals surface area contributed by atoms with Gasteiger partial charge in [0.05, 0.1) is 24.8 Å². The van der Waals surface area contributed by atoms with E-state index < -0.39 is 5.92 Å². The molecule has 3 rings (SSSR count). The van der Waals surface area contributed by atoms with Crippen LogP contribution in [0.25, 0.3) is 0 Å². The number of hydrogen-bond donors (Lipinski definition) is 1. The van der Waals surface area contributed by atoms with Crippen LogP contribution in [0, 0.1) is 5.92 Å². The van der Waals surface area contributed by atoms with Gasteiger partial charge in [-0.2, -0.15) is 0 Å². The number of para-hydroxylation sites is 2. The Hall–Kier alpha value is -3.02. The number of nitrogens with one attached hydrogen (secondary N) is 1. The van der Waals surface area contributed by atoms with E-state index in [2.05, 4.69) is 5.32 Å². The van der Waals surface area contributed by atoms with E-state index in [0.29, 0.717) is 23.7 Å². The highest BCUT2D eigenvalue weighted by atomic mass is 16.5. The van der Waals surface area contributed by atoms with Crippen molar-refractivity contribution in [1.29, 1.82) is 0 Å². The molecule has 1 fully saturated rings. The molecule has 0 radical (unpaired) electrons. The number of amides is 2. The van der Waals surface area contributed by atoms with E-state index in [1.807, 2.05) is 50.2 Å². The van der Waals surface area contributed by atoms with E-state index in [1.165, 1.54) is 0 Å². The third-order valence-electron chi connectivity index (χ3n) is 4.37. The number of methoxy groups -OCH3 is 1. The second-order valence-electron chi connectivity index (χ2n) is 6.76. The largest absolute Gasteiger partial charge is 0.497 e. The molecule has 1 N–H and O–H groups in total. The van der Waals surface area contributed by atoms with Crippen LogP contribution in [0.3, 0.4) is 0 Å². The topological polar surface area (TPSA) is 67.9 Å². The maximum Gasteiger partial charge on any atom is 0.229 e. The molecule has 1 aliphatic rings. The molecule has 0 spiro atoms. The van der Waals surface area contributed by atoms with Crippen molar-refractivity contribution >= 4 is 23.2 Å². The van der Waals surface area contributed by atoms with Crippen molar-refractivity contribution in [3.8, 4) is 11.5 Å². The first-order valence-corrected chi connectivity index (χ1v) is 8.99. The minimum Gasteiger partial charge on any atom is -0.497 e. The van der Waals surface area contributed by atoms with Crippen molar-refractivity contribution in [2.45, 2.75) is 26.4 Å². The summed E-state index contributed by atoms with van der Waals surface area (Å²) in [5, 5.41) is 2.91. The standard InChI is InChI=1S/C21H24N2O4/c1-14(2)27-19-10-5-4-9-18(19)22-21(25)15-11-20(24)23(13-15)16-7-6-8-17(12-16)26-3/h4-10,12,14-15H,11,13H2,1-3H3,(H,22,25). The summed E-state index contributed by atoms with van der Waals surface area (Å²) < 4.78 is 11.0. The van der Waals surface area contributed by atoms with Gasteiger partial charge in [-0.1, -0.05) is 18.2 Å². The smallest absolute Gasteiger partial charge is 0.229 e. The molecule has 2 aromatic carbocycles. The predicted octanol–water partition coefficient (Wildman–Crippen LogP) is 3.47. The Morgan fingerprint density at radius 2 is 1.96 bits per heavy atom. The number of carbonyl (C=O) groups is 2. The molecule has 1 atom stereocenters. The first kappa shape index (κ1) is 18.8. The highest BCUT2D eigenvalue weighted by Gasteiger charge is 2.35. The van der Waals surface area contributed by atoms with E-state index in [-0.39, 0.29) is 24.3 Å². The van der Waals surface area contributed by atoms with Gasteiger partial charge in [0.1, 0.15) is 11.5 Å². The molecule has 27 heavy (non-hydrogen) atoms. The molecule has 1 aliphatic heterocycles. The number of ether oxygens (including phenoxy) is 2. The van der Waals surface area contributed by atoms with Gasteiger partial charge in [-0.3, -0.25) is 9.59 Å². The molecule has 6 heteroatoms. The molecule has 2 aromatic rings. The van der Waals surface area contributed by atoms with Gasteiger partial charge in [0, 0.05) is 24.7 Å². The monoisotopic (exact) mass is 368 g/mol. The Kier molecular flexibility index (Phi) is 5.64. The summed E-state index contributed by atoms with van der Waals surface area (Å²) in [5.74, 6) is 0.613. The van der Waals surface area contributed by atoms with E-state index in [4.69, 9.17) is 9.47 Å². The lowest BCUT2D eigenvalue weighted by molar-refractivity contribution is -0.122. The second-order valence-corrected chi connectivity index (χ2v) is 6.76. The normalized spacial score (nSPS) is 16.5. The Labute approximate surface area is 159 Å². The summed E-state index contributed by atoms with van der Waals surface area (Å²) in [6, 6.07) is 14.6. The van der Waals surface area contributed by atoms with Crippen molar-refractivity contribution in [1.82, 2.24) is 0 Å². The van der Waals surface area contributed by atoms with Crippen molar-refractivity contribution in [3.63, 3.8) is 0 Å². The van der Waals surface area contributed by atoms with Crippen LogP contribution in [-0.4, -0.2) is 31.6 Å². The van der Waals surface area contributed by atoms with Crippen LogP contribution >= 0.6 is 0 Å². The fraction of sp³-hybridized carbons (Fsp3) is 0.333. The lowest BCUT2D eigenvalue weighted by Crippen LogP contribution is -2.28. The Morgan fingerprint density at radius 1 is 1.19 bits per heavy atom. The molecule has 2 amide bonds. The molecular weight excluding hydrogens is 344 g/mol. The van der Waals surface area contributed by atoms with Crippen LogP contribution in [0.1, 0.15) is 20.3 Å². The molecule has 1 unspecified atom stereocenters. The molecular formula is C21H24N2O4. The van der Waals surface area contributed by atoms with E-state index in [0.717, 1.165) is 5.69 Å². The number of benzene rings is 2. The summed E-state index contributed by atoms with van der Waals surface area (Å²) in [7, 11) is 1.58. The molecule has 1 heterocycles. The molecule has 0 bridgehead atoms. The summed E-state index contributed by atoms with van der Waals surface area (Å²) in [6.45, 7) is 4.20. The first-order chi connectivity index (χ1) is 13.0. The van der Waals surface area contributed by atoms with Gasteiger partial charge in [-0.15, -0.1) is 0 Å². The number of anilines is 2. The highest BCUT2D eigenvalue weighted by Crippen LogP contribution is 2.30. The van der Waals surface area contributed by atoms with E-state index in [1.54, 1.807) is 24.1 Å². The van der Waals surface area contributed by atoms with Crippen LogP contribution in [-0.2, 0) is 9.59 Å². The minimum absolute atomic E-state index is 0.000312. The van der Waals surface area contributed by atoms with Crippen LogP contribution in [0.5, 0.6) is 11.5 Å². The van der Waals surface area contributed by atoms with Crippen LogP contribution in [0.2, 0.25) is 0 Å². The zero-order valence-corrected chi connectivity index (χ0v) is 15.8. The summed E-state index contributed by atoms with van der Waals surface area (Å²) in [4.78, 5) is 26.8. The van der Waals surface area contributed by atoms with Gasteiger partial charge in [0.2, 0.25) is 11.8 Å². The zero-order valence-electron chi connectivity index (χ0n) is 15.8. The van der Waals surface area contributed by atoms with Gasteiger partial charge in [0.25, 0.3) is 0 Å². The molecule has 0 aromatic heterocycles. The van der Waals surface area contributed by atoms with Gasteiger partial charge in [-0.05, 0) is 38.1 Å². The van der Waals surface area contributed by atoms with Gasteiger partial charge in [0.15, 0.2) is 0 Å². The van der Waals surface area contributed by atoms with Gasteiger partial charge >= 0.3 is 0 Å². The fourth-order valence-corrected chi connectivity index (χ4v) is 3.07. The molecule has 1 saturated heterocycles. The maximum atomic E-state index is 12.7. The third-order valence-corrected chi connectivity index (χ3v) is 4.37. The van der Waals surface area contributed by atoms with Crippen molar-refractivity contribution in [3.05, 3.63) is 48.5 Å². The molecule has 6 nitrogen and oxygen atoms in total. The molecule has 142 valence electrons. The highest BCUT2D eigenvalue weighted by molar-refractivity contribution is 6.04. The van der Waals surface area contributed by atoms with Crippen LogP contribution < -0.4 is 19.7 Å². The average molecular weight is 368 g/mol. The SMILES string of the molecule is COc1cccc(N2CC(C(=O)Nc3ccccc3OC(C)C)CC2=O)c1. The van der Waals surface area contributed by atoms with E-state index in [9.17, 15) is 9.59 Å². The quantitative estimate of drug-likeness (QED) is 0.848. The predicted molar refractivity (Wildman–Crippen MR) is 104 cm³/mol. The maximum absolute atomic E-state index is 12.7. The van der Waals surface area contributed by atoms with Gasteiger partial charge < -0.3 is 19.7 Å². The van der Waals surface area contributed by atoms with Crippen molar-refractivity contribution in [2.75, 3.05) is 23.9 Å². The Bertz CT molecular complexity index is 834. The second kappa shape index (κ2) is 8.12. The number of carbonyl (C=O) groups excluding carboxylic acids is 2. The summed E-state index contributed by atoms with van der Waals surface area (Å²) >= 11 is 0. The minimum atomic E-state index is -0.421. The molecule has 0 saturated carbocycles. The lowest BCUT2D eigenvalue weighted by Gasteiger charge is -2.18.